The van der Waals surface area contributed by atoms with Crippen LogP contribution in [0.4, 0.5) is 0 Å². The maximum atomic E-state index is 6.23. The molecule has 1 heterocycles. The third kappa shape index (κ3) is 3.96. The fraction of sp³-hybridized carbons (Fsp3) is 1.00. The molecular formula is C15H30N2. The van der Waals surface area contributed by atoms with E-state index in [1.54, 1.807) is 0 Å². The van der Waals surface area contributed by atoms with Crippen LogP contribution in [0.3, 0.4) is 0 Å². The Hall–Kier alpha value is -0.0800. The summed E-state index contributed by atoms with van der Waals surface area (Å²) in [7, 11) is 0. The molecule has 0 aromatic rings. The lowest BCUT2D eigenvalue weighted by atomic mass is 9.75. The van der Waals surface area contributed by atoms with E-state index in [0.29, 0.717) is 6.04 Å². The van der Waals surface area contributed by atoms with Gasteiger partial charge < -0.3 is 10.6 Å². The van der Waals surface area contributed by atoms with Crippen molar-refractivity contribution in [2.24, 2.45) is 23.5 Å². The van der Waals surface area contributed by atoms with Gasteiger partial charge in [0.1, 0.15) is 0 Å². The van der Waals surface area contributed by atoms with Gasteiger partial charge in [-0.1, -0.05) is 33.1 Å². The normalized spacial score (nSPS) is 32.5. The monoisotopic (exact) mass is 238 g/mol. The van der Waals surface area contributed by atoms with Gasteiger partial charge in [-0.3, -0.25) is 0 Å². The average molecular weight is 238 g/mol. The van der Waals surface area contributed by atoms with Crippen LogP contribution < -0.4 is 5.73 Å². The van der Waals surface area contributed by atoms with Crippen LogP contribution in [0.15, 0.2) is 0 Å². The van der Waals surface area contributed by atoms with Gasteiger partial charge in [-0.15, -0.1) is 0 Å². The molecule has 2 aliphatic rings. The standard InChI is InChI=1S/C15H30N2/c1-12(2)9-15(16)11-17-8-7-13-5-3-4-6-14(13)10-17/h12-15H,3-11,16H2,1-2H3/t13-,14+,15+/m1/s1. The average Bonchev–Trinajstić information content (AvgIpc) is 2.27. The molecule has 0 radical (unpaired) electrons. The summed E-state index contributed by atoms with van der Waals surface area (Å²) >= 11 is 0. The third-order valence-corrected chi connectivity index (χ3v) is 4.64. The second-order valence-electron chi connectivity index (χ2n) is 6.74. The molecule has 0 aromatic heterocycles. The zero-order valence-electron chi connectivity index (χ0n) is 11.7. The molecule has 1 aliphatic heterocycles. The summed E-state index contributed by atoms with van der Waals surface area (Å²) in [6.07, 6.45) is 8.52. The number of fused-ring (bicyclic) bond motifs is 1. The Morgan fingerprint density at radius 1 is 1.12 bits per heavy atom. The molecule has 2 rings (SSSR count). The first-order valence-corrected chi connectivity index (χ1v) is 7.63. The summed E-state index contributed by atoms with van der Waals surface area (Å²) in [5, 5.41) is 0. The zero-order chi connectivity index (χ0) is 12.3. The SMILES string of the molecule is CC(C)C[C@H](N)CN1CC[C@H]2CCCC[C@H]2C1. The number of hydrogen-bond donors (Lipinski definition) is 1. The highest BCUT2D eigenvalue weighted by Gasteiger charge is 2.31. The first kappa shape index (κ1) is 13.4. The van der Waals surface area contributed by atoms with E-state index < -0.39 is 0 Å². The van der Waals surface area contributed by atoms with Crippen LogP contribution in [0.2, 0.25) is 0 Å². The van der Waals surface area contributed by atoms with Gasteiger partial charge in [0.25, 0.3) is 0 Å². The molecule has 0 aromatic carbocycles. The van der Waals surface area contributed by atoms with Crippen LogP contribution in [0, 0.1) is 17.8 Å². The lowest BCUT2D eigenvalue weighted by Crippen LogP contribution is -2.46. The van der Waals surface area contributed by atoms with Crippen LogP contribution in [-0.2, 0) is 0 Å². The van der Waals surface area contributed by atoms with Crippen LogP contribution in [0.1, 0.15) is 52.4 Å². The van der Waals surface area contributed by atoms with Crippen molar-refractivity contribution in [3.8, 4) is 0 Å². The van der Waals surface area contributed by atoms with Crippen LogP contribution in [0.25, 0.3) is 0 Å². The Balaban J connectivity index is 1.75. The van der Waals surface area contributed by atoms with E-state index in [1.165, 1.54) is 51.6 Å². The van der Waals surface area contributed by atoms with Gasteiger partial charge in [0.15, 0.2) is 0 Å². The number of nitrogens with two attached hydrogens (primary N) is 1. The lowest BCUT2D eigenvalue weighted by molar-refractivity contribution is 0.0813. The highest BCUT2D eigenvalue weighted by Crippen LogP contribution is 2.35. The molecule has 100 valence electrons. The van der Waals surface area contributed by atoms with Gasteiger partial charge in [-0.25, -0.2) is 0 Å². The smallest absolute Gasteiger partial charge is 0.0170 e. The fourth-order valence-corrected chi connectivity index (χ4v) is 3.85. The fourth-order valence-electron chi connectivity index (χ4n) is 3.85. The predicted octanol–water partition coefficient (Wildman–Crippen LogP) is 2.87. The summed E-state index contributed by atoms with van der Waals surface area (Å²) in [5.41, 5.74) is 6.23. The predicted molar refractivity (Wildman–Crippen MR) is 73.9 cm³/mol. The summed E-state index contributed by atoms with van der Waals surface area (Å²) in [4.78, 5) is 2.64. The van der Waals surface area contributed by atoms with Crippen molar-refractivity contribution in [3.63, 3.8) is 0 Å². The van der Waals surface area contributed by atoms with E-state index in [-0.39, 0.29) is 0 Å². The molecule has 1 aliphatic carbocycles. The molecule has 0 bridgehead atoms. The van der Waals surface area contributed by atoms with Gasteiger partial charge >= 0.3 is 0 Å². The van der Waals surface area contributed by atoms with Crippen LogP contribution in [0.5, 0.6) is 0 Å². The van der Waals surface area contributed by atoms with Crippen molar-refractivity contribution in [1.29, 1.82) is 0 Å². The lowest BCUT2D eigenvalue weighted by Gasteiger charge is -2.42. The van der Waals surface area contributed by atoms with E-state index in [1.807, 2.05) is 0 Å². The molecule has 1 saturated heterocycles. The molecule has 2 fully saturated rings. The highest BCUT2D eigenvalue weighted by molar-refractivity contribution is 4.84. The largest absolute Gasteiger partial charge is 0.327 e. The van der Waals surface area contributed by atoms with Gasteiger partial charge in [0.2, 0.25) is 0 Å². The Labute approximate surface area is 107 Å². The van der Waals surface area contributed by atoms with Crippen molar-refractivity contribution >= 4 is 0 Å². The number of rotatable bonds is 4. The van der Waals surface area contributed by atoms with E-state index >= 15 is 0 Å². The van der Waals surface area contributed by atoms with Crippen molar-refractivity contribution < 1.29 is 0 Å². The summed E-state index contributed by atoms with van der Waals surface area (Å²) in [6, 6.07) is 0.384. The number of piperidine rings is 1. The summed E-state index contributed by atoms with van der Waals surface area (Å²) in [5.74, 6) is 2.77. The Morgan fingerprint density at radius 3 is 2.53 bits per heavy atom. The molecular weight excluding hydrogens is 208 g/mol. The molecule has 2 nitrogen and oxygen atoms in total. The minimum atomic E-state index is 0.384. The third-order valence-electron chi connectivity index (χ3n) is 4.64. The Kier molecular flexibility index (Phi) is 4.87. The number of hydrogen-bond acceptors (Lipinski definition) is 2. The number of nitrogens with zero attached hydrogens (tertiary/aromatic N) is 1. The van der Waals surface area contributed by atoms with Gasteiger partial charge in [0.05, 0.1) is 0 Å². The Bertz CT molecular complexity index is 227. The highest BCUT2D eigenvalue weighted by atomic mass is 15.1. The molecule has 1 saturated carbocycles. The van der Waals surface area contributed by atoms with Crippen molar-refractivity contribution in [2.75, 3.05) is 19.6 Å². The zero-order valence-corrected chi connectivity index (χ0v) is 11.7. The van der Waals surface area contributed by atoms with E-state index in [9.17, 15) is 0 Å². The molecule has 3 atom stereocenters. The molecule has 0 unspecified atom stereocenters. The van der Waals surface area contributed by atoms with Crippen molar-refractivity contribution in [3.05, 3.63) is 0 Å². The quantitative estimate of drug-likeness (QED) is 0.816. The van der Waals surface area contributed by atoms with Crippen molar-refractivity contribution in [2.45, 2.75) is 58.4 Å². The van der Waals surface area contributed by atoms with E-state index in [2.05, 4.69) is 18.7 Å². The summed E-state index contributed by atoms with van der Waals surface area (Å²) < 4.78 is 0. The van der Waals surface area contributed by atoms with Gasteiger partial charge in [0, 0.05) is 19.1 Å². The van der Waals surface area contributed by atoms with E-state index in [4.69, 9.17) is 5.73 Å². The second-order valence-corrected chi connectivity index (χ2v) is 6.74. The topological polar surface area (TPSA) is 29.3 Å². The molecule has 2 N–H and O–H groups in total. The molecule has 2 heteroatoms. The van der Waals surface area contributed by atoms with Gasteiger partial charge in [-0.05, 0) is 43.6 Å². The van der Waals surface area contributed by atoms with Crippen molar-refractivity contribution in [1.82, 2.24) is 4.90 Å². The van der Waals surface area contributed by atoms with Crippen LogP contribution >= 0.6 is 0 Å². The molecule has 0 amide bonds. The summed E-state index contributed by atoms with van der Waals surface area (Å²) in [6.45, 7) is 8.30. The first-order valence-electron chi connectivity index (χ1n) is 7.63. The minimum absolute atomic E-state index is 0.384. The van der Waals surface area contributed by atoms with Gasteiger partial charge in [-0.2, -0.15) is 0 Å². The minimum Gasteiger partial charge on any atom is -0.327 e. The maximum absolute atomic E-state index is 6.23. The van der Waals surface area contributed by atoms with Crippen LogP contribution in [-0.4, -0.2) is 30.6 Å². The number of likely N-dealkylation sites (tertiary alicyclic amines) is 1. The maximum Gasteiger partial charge on any atom is 0.0170 e. The Morgan fingerprint density at radius 2 is 1.82 bits per heavy atom. The molecule has 0 spiro atoms. The molecule has 17 heavy (non-hydrogen) atoms. The van der Waals surface area contributed by atoms with E-state index in [0.717, 1.165) is 24.3 Å². The second kappa shape index (κ2) is 6.19. The first-order chi connectivity index (χ1) is 8.15.